The molecule has 0 saturated carbocycles. The molecule has 9 nitrogen and oxygen atoms in total. The highest BCUT2D eigenvalue weighted by Gasteiger charge is 2.33. The number of hydrogen-bond acceptors (Lipinski definition) is 7. The van der Waals surface area contributed by atoms with Crippen LogP contribution in [0.1, 0.15) is 10.4 Å². The smallest absolute Gasteiger partial charge is 0.414 e. The second kappa shape index (κ2) is 9.28. The molecule has 1 saturated heterocycles. The van der Waals surface area contributed by atoms with Crippen LogP contribution < -0.4 is 21.1 Å². The molecule has 1 aromatic heterocycles. The second-order valence-electron chi connectivity index (χ2n) is 6.30. The average Bonchev–Trinajstić information content (AvgIpc) is 3.31. The van der Waals surface area contributed by atoms with Crippen LogP contribution in [0, 0.1) is 0 Å². The first-order chi connectivity index (χ1) is 14.0. The van der Waals surface area contributed by atoms with Gasteiger partial charge in [-0.15, -0.1) is 11.3 Å². The van der Waals surface area contributed by atoms with Crippen LogP contribution in [0.4, 0.5) is 10.5 Å². The van der Waals surface area contributed by atoms with Gasteiger partial charge in [0.1, 0.15) is 12.4 Å². The molecule has 4 N–H and O–H groups in total. The molecule has 10 heteroatoms. The Morgan fingerprint density at radius 1 is 1.31 bits per heavy atom. The number of benzene rings is 1. The maximum atomic E-state index is 12.2. The summed E-state index contributed by atoms with van der Waals surface area (Å²) in [7, 11) is 1.34. The fourth-order valence-corrected chi connectivity index (χ4v) is 3.56. The van der Waals surface area contributed by atoms with Crippen molar-refractivity contribution in [2.75, 3.05) is 25.2 Å². The van der Waals surface area contributed by atoms with Gasteiger partial charge in [-0.05, 0) is 29.1 Å². The number of carbonyl (C=O) groups is 2. The van der Waals surface area contributed by atoms with Gasteiger partial charge in [-0.25, -0.2) is 9.79 Å². The summed E-state index contributed by atoms with van der Waals surface area (Å²) < 4.78 is 15.9. The molecule has 0 aliphatic carbocycles. The van der Waals surface area contributed by atoms with Gasteiger partial charge in [0.25, 0.3) is 0 Å². The van der Waals surface area contributed by atoms with Gasteiger partial charge >= 0.3 is 12.1 Å². The van der Waals surface area contributed by atoms with Crippen molar-refractivity contribution in [3.63, 3.8) is 0 Å². The summed E-state index contributed by atoms with van der Waals surface area (Å²) in [6.45, 7) is 0.927. The topological polar surface area (TPSA) is 129 Å². The molecule has 1 atom stereocenters. The monoisotopic (exact) mass is 418 g/mol. The lowest BCUT2D eigenvalue weighted by Gasteiger charge is -2.13. The van der Waals surface area contributed by atoms with E-state index in [2.05, 4.69) is 9.73 Å². The summed E-state index contributed by atoms with van der Waals surface area (Å²) in [4.78, 5) is 30.0. The van der Waals surface area contributed by atoms with Crippen molar-refractivity contribution in [3.05, 3.63) is 46.2 Å². The minimum absolute atomic E-state index is 0.0282. The highest BCUT2D eigenvalue weighted by atomic mass is 32.1. The number of methoxy groups -OCH3 is 1. The lowest BCUT2D eigenvalue weighted by molar-refractivity contribution is -0.139. The molecule has 1 aliphatic heterocycles. The number of carbonyl (C=O) groups excluding carboxylic acids is 2. The number of thiophene rings is 1. The second-order valence-corrected chi connectivity index (χ2v) is 7.30. The van der Waals surface area contributed by atoms with Crippen molar-refractivity contribution in [2.45, 2.75) is 19.1 Å². The van der Waals surface area contributed by atoms with Gasteiger partial charge in [0.15, 0.2) is 12.1 Å². The first-order valence-corrected chi connectivity index (χ1v) is 9.72. The van der Waals surface area contributed by atoms with E-state index in [4.69, 9.17) is 20.9 Å². The molecule has 29 heavy (non-hydrogen) atoms. The molecule has 3 rings (SSSR count). The van der Waals surface area contributed by atoms with E-state index in [1.807, 2.05) is 29.6 Å². The first kappa shape index (κ1) is 20.5. The van der Waals surface area contributed by atoms with Gasteiger partial charge in [0.2, 0.25) is 0 Å². The van der Waals surface area contributed by atoms with Crippen molar-refractivity contribution in [1.29, 1.82) is 0 Å². The van der Waals surface area contributed by atoms with Crippen molar-refractivity contribution < 1.29 is 23.8 Å². The van der Waals surface area contributed by atoms with Crippen LogP contribution in [-0.4, -0.2) is 44.4 Å². The number of esters is 1. The summed E-state index contributed by atoms with van der Waals surface area (Å²) >= 11 is 1.41. The lowest BCUT2D eigenvalue weighted by atomic mass is 10.2. The van der Waals surface area contributed by atoms with Crippen molar-refractivity contribution in [1.82, 2.24) is 0 Å². The Morgan fingerprint density at radius 2 is 2.07 bits per heavy atom. The molecule has 154 valence electrons. The third kappa shape index (κ3) is 5.38. The summed E-state index contributed by atoms with van der Waals surface area (Å²) in [6, 6.07) is 9.12. The van der Waals surface area contributed by atoms with E-state index in [-0.39, 0.29) is 25.0 Å². The Balaban J connectivity index is 1.56. The third-order valence-electron chi connectivity index (χ3n) is 4.23. The molecule has 1 aliphatic rings. The first-order valence-electron chi connectivity index (χ1n) is 8.84. The normalized spacial score (nSPS) is 15.7. The highest BCUT2D eigenvalue weighted by Crippen LogP contribution is 2.27. The summed E-state index contributed by atoms with van der Waals surface area (Å²) in [5.41, 5.74) is 12.3. The van der Waals surface area contributed by atoms with E-state index >= 15 is 0 Å². The van der Waals surface area contributed by atoms with Gasteiger partial charge in [0.05, 0.1) is 31.5 Å². The molecule has 2 aromatic rings. The quantitative estimate of drug-likeness (QED) is 0.379. The van der Waals surface area contributed by atoms with E-state index < -0.39 is 12.2 Å². The third-order valence-corrected chi connectivity index (χ3v) is 5.13. The number of ether oxygens (including phenoxy) is 3. The van der Waals surface area contributed by atoms with Gasteiger partial charge in [-0.2, -0.15) is 0 Å². The number of hydrogen-bond donors (Lipinski definition) is 2. The maximum Gasteiger partial charge on any atom is 0.414 e. The van der Waals surface area contributed by atoms with Crippen molar-refractivity contribution in [3.8, 4) is 5.75 Å². The molecule has 1 aromatic carbocycles. The average molecular weight is 418 g/mol. The fourth-order valence-electron chi connectivity index (χ4n) is 2.76. The van der Waals surface area contributed by atoms with E-state index in [1.54, 1.807) is 11.0 Å². The predicted molar refractivity (Wildman–Crippen MR) is 109 cm³/mol. The maximum absolute atomic E-state index is 12.2. The van der Waals surface area contributed by atoms with E-state index in [0.29, 0.717) is 24.5 Å². The van der Waals surface area contributed by atoms with Gasteiger partial charge in [0, 0.05) is 5.69 Å². The molecule has 0 bridgehead atoms. The number of nitrogens with two attached hydrogens (primary N) is 2. The molecular weight excluding hydrogens is 396 g/mol. The zero-order valence-electron chi connectivity index (χ0n) is 15.9. The fraction of sp³-hybridized carbons (Fsp3) is 0.316. The predicted octanol–water partition coefficient (Wildman–Crippen LogP) is 1.64. The number of cyclic esters (lactones) is 1. The molecule has 0 radical (unpaired) electrons. The number of aliphatic imine (C=N–C) groups is 1. The molecule has 1 amide bonds. The summed E-state index contributed by atoms with van der Waals surface area (Å²) in [6.07, 6.45) is -0.711. The molecule has 1 unspecified atom stereocenters. The standard InChI is InChI=1S/C19H22N4O5S/c1-26-17(24)8-16-15(6-7-29-16)27-11-14-10-23(19(25)28-14)13-4-2-12(3-5-13)9-22-18(20)21/h2-7,14H,8-11H2,1H3,(H4,20,21,22). The summed E-state index contributed by atoms with van der Waals surface area (Å²) in [5.74, 6) is 0.290. The van der Waals surface area contributed by atoms with Gasteiger partial charge < -0.3 is 25.7 Å². The number of guanidine groups is 1. The Hall–Kier alpha value is -3.27. The highest BCUT2D eigenvalue weighted by molar-refractivity contribution is 7.10. The van der Waals surface area contributed by atoms with Crippen LogP contribution in [-0.2, 0) is 27.2 Å². The Bertz CT molecular complexity index is 892. The van der Waals surface area contributed by atoms with E-state index in [0.717, 1.165) is 10.4 Å². The number of nitrogens with zero attached hydrogens (tertiary/aromatic N) is 2. The molecule has 1 fully saturated rings. The number of amides is 1. The molecular formula is C19H22N4O5S. The van der Waals surface area contributed by atoms with Crippen LogP contribution in [0.25, 0.3) is 0 Å². The minimum Gasteiger partial charge on any atom is -0.488 e. The van der Waals surface area contributed by atoms with Gasteiger partial charge in [-0.1, -0.05) is 12.1 Å². The zero-order valence-corrected chi connectivity index (χ0v) is 16.7. The molecule has 0 spiro atoms. The van der Waals surface area contributed by atoms with Crippen LogP contribution in [0.3, 0.4) is 0 Å². The van der Waals surface area contributed by atoms with Crippen LogP contribution >= 0.6 is 11.3 Å². The van der Waals surface area contributed by atoms with Crippen LogP contribution in [0.5, 0.6) is 5.75 Å². The van der Waals surface area contributed by atoms with Crippen molar-refractivity contribution >= 4 is 35.0 Å². The van der Waals surface area contributed by atoms with E-state index in [9.17, 15) is 9.59 Å². The SMILES string of the molecule is COC(=O)Cc1sccc1OCC1CN(c2ccc(CN=C(N)N)cc2)C(=O)O1. The Kier molecular flexibility index (Phi) is 6.55. The number of anilines is 1. The summed E-state index contributed by atoms with van der Waals surface area (Å²) in [5, 5.41) is 1.84. The van der Waals surface area contributed by atoms with E-state index in [1.165, 1.54) is 18.4 Å². The zero-order chi connectivity index (χ0) is 20.8. The Morgan fingerprint density at radius 3 is 2.76 bits per heavy atom. The largest absolute Gasteiger partial charge is 0.488 e. The van der Waals surface area contributed by atoms with Crippen molar-refractivity contribution in [2.24, 2.45) is 16.5 Å². The minimum atomic E-state index is -0.435. The molecule has 2 heterocycles. The van der Waals surface area contributed by atoms with Crippen LogP contribution in [0.15, 0.2) is 40.7 Å². The Labute approximate surface area is 171 Å². The lowest BCUT2D eigenvalue weighted by Crippen LogP contribution is -2.26. The van der Waals surface area contributed by atoms with Crippen LogP contribution in [0.2, 0.25) is 0 Å². The number of rotatable bonds is 8. The van der Waals surface area contributed by atoms with Gasteiger partial charge in [-0.3, -0.25) is 9.69 Å².